The topological polar surface area (TPSA) is 66.3 Å². The van der Waals surface area contributed by atoms with Crippen LogP contribution in [0.2, 0.25) is 0 Å². The average molecular weight is 315 g/mol. The van der Waals surface area contributed by atoms with Crippen molar-refractivity contribution < 1.29 is 4.79 Å². The molecule has 0 bridgehead atoms. The number of hydrogen-bond acceptors (Lipinski definition) is 4. The van der Waals surface area contributed by atoms with Crippen molar-refractivity contribution in [1.82, 2.24) is 24.5 Å². The number of likely N-dealkylation sites (tertiary alicyclic amines) is 1. The van der Waals surface area contributed by atoms with Crippen LogP contribution in [0.25, 0.3) is 4.96 Å². The first kappa shape index (κ1) is 13.5. The summed E-state index contributed by atoms with van der Waals surface area (Å²) in [7, 11) is 0. The number of hydrogen-bond donors (Lipinski definition) is 1. The SMILES string of the molecule is Cc1nc2sccn2c1C(=O)N1CCC[C@@H](c2ccn[nH]2)C1. The lowest BCUT2D eigenvalue weighted by Crippen LogP contribution is -2.40. The first-order valence-electron chi connectivity index (χ1n) is 7.44. The Kier molecular flexibility index (Phi) is 3.22. The quantitative estimate of drug-likeness (QED) is 0.790. The molecular formula is C15H17N5OS. The molecule has 0 spiro atoms. The molecule has 7 heteroatoms. The normalized spacial score (nSPS) is 19.0. The number of thiazole rings is 1. The van der Waals surface area contributed by atoms with Crippen molar-refractivity contribution >= 4 is 22.2 Å². The second-order valence-corrected chi connectivity index (χ2v) is 6.58. The number of rotatable bonds is 2. The molecule has 1 fully saturated rings. The van der Waals surface area contributed by atoms with E-state index in [2.05, 4.69) is 15.2 Å². The van der Waals surface area contributed by atoms with Crippen LogP contribution in [0.4, 0.5) is 0 Å². The second-order valence-electron chi connectivity index (χ2n) is 5.70. The zero-order valence-corrected chi connectivity index (χ0v) is 13.1. The van der Waals surface area contributed by atoms with Gasteiger partial charge in [-0.15, -0.1) is 11.3 Å². The summed E-state index contributed by atoms with van der Waals surface area (Å²) >= 11 is 1.55. The molecule has 1 aliphatic rings. The maximum atomic E-state index is 13.0. The van der Waals surface area contributed by atoms with Crippen molar-refractivity contribution in [3.8, 4) is 0 Å². The molecule has 1 saturated heterocycles. The number of piperidine rings is 1. The molecule has 22 heavy (non-hydrogen) atoms. The molecule has 114 valence electrons. The zero-order valence-electron chi connectivity index (χ0n) is 12.3. The molecule has 0 aromatic carbocycles. The van der Waals surface area contributed by atoms with Crippen molar-refractivity contribution in [1.29, 1.82) is 0 Å². The Morgan fingerprint density at radius 1 is 1.50 bits per heavy atom. The van der Waals surface area contributed by atoms with Crippen LogP contribution in [0.3, 0.4) is 0 Å². The van der Waals surface area contributed by atoms with Crippen molar-refractivity contribution in [3.05, 3.63) is 40.9 Å². The van der Waals surface area contributed by atoms with Crippen molar-refractivity contribution in [2.24, 2.45) is 0 Å². The molecule has 0 unspecified atom stereocenters. The molecule has 1 atom stereocenters. The number of aromatic nitrogens is 4. The highest BCUT2D eigenvalue weighted by molar-refractivity contribution is 7.15. The highest BCUT2D eigenvalue weighted by Crippen LogP contribution is 2.27. The molecule has 6 nitrogen and oxygen atoms in total. The van der Waals surface area contributed by atoms with E-state index in [1.54, 1.807) is 17.5 Å². The minimum atomic E-state index is 0.0765. The molecule has 1 aliphatic heterocycles. The van der Waals surface area contributed by atoms with E-state index in [1.807, 2.05) is 33.9 Å². The fourth-order valence-electron chi connectivity index (χ4n) is 3.21. The Morgan fingerprint density at radius 2 is 2.41 bits per heavy atom. The standard InChI is InChI=1S/C15H17N5OS/c1-10-13(20-7-8-22-15(20)17-10)14(21)19-6-2-3-11(9-19)12-4-5-16-18-12/h4-5,7-8,11H,2-3,6,9H2,1H3,(H,16,18)/t11-/m1/s1. The lowest BCUT2D eigenvalue weighted by atomic mass is 9.94. The smallest absolute Gasteiger partial charge is 0.272 e. The van der Waals surface area contributed by atoms with Gasteiger partial charge in [0, 0.05) is 42.5 Å². The van der Waals surface area contributed by atoms with Gasteiger partial charge in [-0.2, -0.15) is 5.10 Å². The van der Waals surface area contributed by atoms with Crippen LogP contribution in [-0.2, 0) is 0 Å². The van der Waals surface area contributed by atoms with E-state index in [-0.39, 0.29) is 5.91 Å². The number of aromatic amines is 1. The predicted octanol–water partition coefficient (Wildman–Crippen LogP) is 2.45. The summed E-state index contributed by atoms with van der Waals surface area (Å²) in [5, 5.41) is 9.02. The van der Waals surface area contributed by atoms with Gasteiger partial charge in [0.25, 0.3) is 5.91 Å². The minimum absolute atomic E-state index is 0.0765. The first-order valence-corrected chi connectivity index (χ1v) is 8.32. The van der Waals surface area contributed by atoms with Crippen LogP contribution in [0.5, 0.6) is 0 Å². The highest BCUT2D eigenvalue weighted by Gasteiger charge is 2.29. The molecule has 1 amide bonds. The van der Waals surface area contributed by atoms with E-state index in [4.69, 9.17) is 0 Å². The van der Waals surface area contributed by atoms with Gasteiger partial charge in [0.1, 0.15) is 5.69 Å². The fraction of sp³-hybridized carbons (Fsp3) is 0.400. The van der Waals surface area contributed by atoms with Crippen molar-refractivity contribution in [2.45, 2.75) is 25.7 Å². The van der Waals surface area contributed by atoms with Gasteiger partial charge in [-0.3, -0.25) is 14.3 Å². The van der Waals surface area contributed by atoms with Gasteiger partial charge in [0.15, 0.2) is 4.96 Å². The Hall–Kier alpha value is -2.15. The van der Waals surface area contributed by atoms with Crippen LogP contribution in [0, 0.1) is 6.92 Å². The number of H-pyrrole nitrogens is 1. The van der Waals surface area contributed by atoms with Gasteiger partial charge in [0.05, 0.1) is 5.69 Å². The first-order chi connectivity index (χ1) is 10.7. The Morgan fingerprint density at radius 3 is 3.23 bits per heavy atom. The lowest BCUT2D eigenvalue weighted by molar-refractivity contribution is 0.0698. The number of imidazole rings is 1. The monoisotopic (exact) mass is 315 g/mol. The third kappa shape index (κ3) is 2.12. The fourth-order valence-corrected chi connectivity index (χ4v) is 3.97. The maximum absolute atomic E-state index is 13.0. The summed E-state index contributed by atoms with van der Waals surface area (Å²) in [6.45, 7) is 3.45. The number of carbonyl (C=O) groups is 1. The van der Waals surface area contributed by atoms with Crippen LogP contribution in [0.1, 0.15) is 40.6 Å². The number of aryl methyl sites for hydroxylation is 1. The van der Waals surface area contributed by atoms with Gasteiger partial charge < -0.3 is 4.90 Å². The number of nitrogens with zero attached hydrogens (tertiary/aromatic N) is 4. The third-order valence-corrected chi connectivity index (χ3v) is 5.07. The molecule has 4 heterocycles. The number of nitrogens with one attached hydrogen (secondary N) is 1. The Balaban J connectivity index is 1.62. The summed E-state index contributed by atoms with van der Waals surface area (Å²) in [4.78, 5) is 20.3. The molecular weight excluding hydrogens is 298 g/mol. The summed E-state index contributed by atoms with van der Waals surface area (Å²) in [6.07, 6.45) is 5.79. The van der Waals surface area contributed by atoms with Gasteiger partial charge in [-0.25, -0.2) is 4.98 Å². The van der Waals surface area contributed by atoms with Gasteiger partial charge >= 0.3 is 0 Å². The van der Waals surface area contributed by atoms with Crippen LogP contribution >= 0.6 is 11.3 Å². The van der Waals surface area contributed by atoms with Crippen LogP contribution in [-0.4, -0.2) is 43.5 Å². The number of amides is 1. The molecule has 0 radical (unpaired) electrons. The number of carbonyl (C=O) groups excluding carboxylic acids is 1. The van der Waals surface area contributed by atoms with Gasteiger partial charge in [-0.1, -0.05) is 0 Å². The van der Waals surface area contributed by atoms with E-state index in [0.29, 0.717) is 11.6 Å². The summed E-state index contributed by atoms with van der Waals surface area (Å²) in [5.41, 5.74) is 2.62. The van der Waals surface area contributed by atoms with Gasteiger partial charge in [-0.05, 0) is 25.8 Å². The van der Waals surface area contributed by atoms with Crippen molar-refractivity contribution in [2.75, 3.05) is 13.1 Å². The molecule has 1 N–H and O–H groups in total. The summed E-state index contributed by atoms with van der Waals surface area (Å²) in [6, 6.07) is 2.00. The van der Waals surface area contributed by atoms with E-state index >= 15 is 0 Å². The second kappa shape index (κ2) is 5.24. The summed E-state index contributed by atoms with van der Waals surface area (Å²) in [5.74, 6) is 0.416. The van der Waals surface area contributed by atoms with Crippen molar-refractivity contribution in [3.63, 3.8) is 0 Å². The molecule has 0 saturated carbocycles. The molecule has 3 aromatic rings. The lowest BCUT2D eigenvalue weighted by Gasteiger charge is -2.32. The van der Waals surface area contributed by atoms with E-state index in [0.717, 1.165) is 42.3 Å². The molecule has 3 aromatic heterocycles. The minimum Gasteiger partial charge on any atom is -0.337 e. The van der Waals surface area contributed by atoms with E-state index < -0.39 is 0 Å². The Labute approximate surface area is 131 Å². The number of fused-ring (bicyclic) bond motifs is 1. The predicted molar refractivity (Wildman–Crippen MR) is 84.3 cm³/mol. The van der Waals surface area contributed by atoms with Gasteiger partial charge in [0.2, 0.25) is 0 Å². The van der Waals surface area contributed by atoms with Crippen LogP contribution < -0.4 is 0 Å². The maximum Gasteiger partial charge on any atom is 0.272 e. The molecule has 4 rings (SSSR count). The van der Waals surface area contributed by atoms with Crippen LogP contribution in [0.15, 0.2) is 23.8 Å². The molecule has 0 aliphatic carbocycles. The highest BCUT2D eigenvalue weighted by atomic mass is 32.1. The zero-order chi connectivity index (χ0) is 15.1. The van der Waals surface area contributed by atoms with E-state index in [1.165, 1.54) is 0 Å². The third-order valence-electron chi connectivity index (χ3n) is 4.31. The largest absolute Gasteiger partial charge is 0.337 e. The van der Waals surface area contributed by atoms with E-state index in [9.17, 15) is 4.79 Å². The summed E-state index contributed by atoms with van der Waals surface area (Å²) < 4.78 is 1.90. The Bertz CT molecular complexity index is 803. The average Bonchev–Trinajstić information content (AvgIpc) is 3.23.